The van der Waals surface area contributed by atoms with Crippen molar-refractivity contribution in [3.05, 3.63) is 51.2 Å². The molecule has 1 amide bonds. The Balaban J connectivity index is 2.10. The van der Waals surface area contributed by atoms with Crippen molar-refractivity contribution >= 4 is 50.8 Å². The molecular formula is C15H16ClN3O3S2. The molecule has 0 aliphatic carbocycles. The summed E-state index contributed by atoms with van der Waals surface area (Å²) in [6, 6.07) is 8.37. The Morgan fingerprint density at radius 2 is 2.08 bits per heavy atom. The molecule has 0 fully saturated rings. The van der Waals surface area contributed by atoms with Gasteiger partial charge in [-0.3, -0.25) is 9.10 Å². The van der Waals surface area contributed by atoms with E-state index in [0.29, 0.717) is 0 Å². The summed E-state index contributed by atoms with van der Waals surface area (Å²) in [6.07, 6.45) is 2.54. The number of amides is 1. The summed E-state index contributed by atoms with van der Waals surface area (Å²) < 4.78 is 24.9. The predicted octanol–water partition coefficient (Wildman–Crippen LogP) is 2.63. The fourth-order valence-corrected chi connectivity index (χ4v) is 3.82. The maximum Gasteiger partial charge on any atom is 0.260 e. The third-order valence-corrected chi connectivity index (χ3v) is 5.48. The van der Waals surface area contributed by atoms with E-state index in [1.54, 1.807) is 18.2 Å². The minimum absolute atomic E-state index is 0.244. The summed E-state index contributed by atoms with van der Waals surface area (Å²) in [4.78, 5) is 12.9. The molecule has 6 nitrogen and oxygen atoms in total. The molecule has 1 aromatic carbocycles. The number of nitrogens with one attached hydrogen (secondary N) is 1. The van der Waals surface area contributed by atoms with Gasteiger partial charge in [-0.2, -0.15) is 5.10 Å². The van der Waals surface area contributed by atoms with Crippen molar-refractivity contribution in [2.75, 3.05) is 17.1 Å². The van der Waals surface area contributed by atoms with Gasteiger partial charge in [-0.1, -0.05) is 23.7 Å². The first-order valence-electron chi connectivity index (χ1n) is 6.87. The van der Waals surface area contributed by atoms with E-state index in [1.807, 2.05) is 18.4 Å². The number of thiophene rings is 1. The van der Waals surface area contributed by atoms with E-state index < -0.39 is 22.5 Å². The van der Waals surface area contributed by atoms with E-state index in [-0.39, 0.29) is 10.7 Å². The second kappa shape index (κ2) is 7.78. The van der Waals surface area contributed by atoms with Gasteiger partial charge in [0.1, 0.15) is 6.54 Å². The molecule has 2 rings (SSSR count). The molecule has 9 heteroatoms. The zero-order valence-corrected chi connectivity index (χ0v) is 15.5. The van der Waals surface area contributed by atoms with Crippen LogP contribution in [-0.4, -0.2) is 33.3 Å². The Hall–Kier alpha value is -1.90. The average Bonchev–Trinajstić information content (AvgIpc) is 2.90. The number of carbonyl (C=O) groups is 1. The number of aryl methyl sites for hydroxylation is 1. The Morgan fingerprint density at radius 3 is 2.67 bits per heavy atom. The molecule has 0 radical (unpaired) electrons. The van der Waals surface area contributed by atoms with Crippen molar-refractivity contribution in [2.24, 2.45) is 5.10 Å². The van der Waals surface area contributed by atoms with E-state index >= 15 is 0 Å². The molecule has 0 bridgehead atoms. The molecule has 128 valence electrons. The van der Waals surface area contributed by atoms with Crippen molar-refractivity contribution in [1.29, 1.82) is 0 Å². The lowest BCUT2D eigenvalue weighted by Gasteiger charge is -2.22. The summed E-state index contributed by atoms with van der Waals surface area (Å²) in [6.45, 7) is 1.52. The van der Waals surface area contributed by atoms with Gasteiger partial charge in [0.15, 0.2) is 0 Å². The van der Waals surface area contributed by atoms with Crippen LogP contribution in [0.15, 0.2) is 40.8 Å². The molecule has 0 atom stereocenters. The summed E-state index contributed by atoms with van der Waals surface area (Å²) >= 11 is 7.53. The fraction of sp³-hybridized carbons (Fsp3) is 0.200. The fourth-order valence-electron chi connectivity index (χ4n) is 1.88. The molecule has 1 N–H and O–H groups in total. The normalized spacial score (nSPS) is 11.6. The molecule has 0 aliphatic rings. The van der Waals surface area contributed by atoms with Crippen molar-refractivity contribution in [1.82, 2.24) is 5.43 Å². The van der Waals surface area contributed by atoms with Crippen molar-refractivity contribution < 1.29 is 13.2 Å². The molecule has 1 heterocycles. The number of anilines is 1. The number of halogens is 1. The van der Waals surface area contributed by atoms with E-state index in [9.17, 15) is 13.2 Å². The zero-order chi connectivity index (χ0) is 17.7. The molecule has 0 saturated heterocycles. The summed E-state index contributed by atoms with van der Waals surface area (Å²) in [5.74, 6) is -0.564. The summed E-state index contributed by atoms with van der Waals surface area (Å²) in [5, 5.41) is 6.02. The SMILES string of the molecule is Cc1ccsc1/C=N\NC(=O)CN(c1ccccc1Cl)S(C)(=O)=O. The largest absolute Gasteiger partial charge is 0.271 e. The molecule has 0 saturated carbocycles. The molecule has 2 aromatic rings. The monoisotopic (exact) mass is 385 g/mol. The van der Waals surface area contributed by atoms with Crippen LogP contribution in [0.2, 0.25) is 5.02 Å². The number of hydrogen-bond donors (Lipinski definition) is 1. The maximum absolute atomic E-state index is 12.0. The summed E-state index contributed by atoms with van der Waals surface area (Å²) in [5.41, 5.74) is 3.62. The highest BCUT2D eigenvalue weighted by Crippen LogP contribution is 2.26. The number of rotatable bonds is 6. The van der Waals surface area contributed by atoms with Gasteiger partial charge in [-0.25, -0.2) is 13.8 Å². The standard InChI is InChI=1S/C15H16ClN3O3S2/c1-11-7-8-23-14(11)9-17-18-15(20)10-19(24(2,21)22)13-6-4-3-5-12(13)16/h3-9H,10H2,1-2H3,(H,18,20)/b17-9-. The Labute approximate surface area is 149 Å². The van der Waals surface area contributed by atoms with Crippen LogP contribution in [-0.2, 0) is 14.8 Å². The number of sulfonamides is 1. The van der Waals surface area contributed by atoms with Gasteiger partial charge in [0.05, 0.1) is 23.2 Å². The number of carbonyl (C=O) groups excluding carboxylic acids is 1. The average molecular weight is 386 g/mol. The predicted molar refractivity (Wildman–Crippen MR) is 98.4 cm³/mol. The molecule has 0 spiro atoms. The van der Waals surface area contributed by atoms with Gasteiger partial charge in [0.2, 0.25) is 10.0 Å². The first-order chi connectivity index (χ1) is 11.3. The van der Waals surface area contributed by atoms with Crippen molar-refractivity contribution in [2.45, 2.75) is 6.92 Å². The van der Waals surface area contributed by atoms with E-state index in [1.165, 1.54) is 23.6 Å². The lowest BCUT2D eigenvalue weighted by atomic mass is 10.3. The first kappa shape index (κ1) is 18.4. The zero-order valence-electron chi connectivity index (χ0n) is 13.1. The van der Waals surface area contributed by atoms with Crippen LogP contribution in [0, 0.1) is 6.92 Å². The lowest BCUT2D eigenvalue weighted by Crippen LogP contribution is -2.39. The third kappa shape index (κ3) is 4.80. The lowest BCUT2D eigenvalue weighted by molar-refractivity contribution is -0.119. The van der Waals surface area contributed by atoms with Gasteiger partial charge >= 0.3 is 0 Å². The van der Waals surface area contributed by atoms with Crippen LogP contribution in [0.3, 0.4) is 0 Å². The van der Waals surface area contributed by atoms with Crippen molar-refractivity contribution in [3.8, 4) is 0 Å². The molecule has 0 unspecified atom stereocenters. The second-order valence-electron chi connectivity index (χ2n) is 4.98. The highest BCUT2D eigenvalue weighted by Gasteiger charge is 2.22. The van der Waals surface area contributed by atoms with E-state index in [2.05, 4.69) is 10.5 Å². The third-order valence-electron chi connectivity index (χ3n) is 3.08. The molecule has 1 aromatic heterocycles. The van der Waals surface area contributed by atoms with Gasteiger partial charge in [0, 0.05) is 4.88 Å². The maximum atomic E-state index is 12.0. The smallest absolute Gasteiger partial charge is 0.260 e. The Kier molecular flexibility index (Phi) is 5.98. The van der Waals surface area contributed by atoms with Gasteiger partial charge in [-0.15, -0.1) is 11.3 Å². The summed E-state index contributed by atoms with van der Waals surface area (Å²) in [7, 11) is -3.67. The minimum Gasteiger partial charge on any atom is -0.271 e. The topological polar surface area (TPSA) is 78.8 Å². The first-order valence-corrected chi connectivity index (χ1v) is 9.98. The van der Waals surface area contributed by atoms with E-state index in [0.717, 1.165) is 21.0 Å². The minimum atomic E-state index is -3.67. The number of benzene rings is 1. The van der Waals surface area contributed by atoms with Gasteiger partial charge < -0.3 is 0 Å². The highest BCUT2D eigenvalue weighted by molar-refractivity contribution is 7.92. The van der Waals surface area contributed by atoms with Crippen LogP contribution < -0.4 is 9.73 Å². The van der Waals surface area contributed by atoms with Gasteiger partial charge in [-0.05, 0) is 36.1 Å². The van der Waals surface area contributed by atoms with Gasteiger partial charge in [0.25, 0.3) is 5.91 Å². The molecule has 0 aliphatic heterocycles. The Morgan fingerprint density at radius 1 is 1.38 bits per heavy atom. The number of para-hydroxylation sites is 1. The number of hydrazone groups is 1. The van der Waals surface area contributed by atoms with Crippen LogP contribution in [0.1, 0.15) is 10.4 Å². The van der Waals surface area contributed by atoms with Crippen LogP contribution in [0.5, 0.6) is 0 Å². The molecule has 24 heavy (non-hydrogen) atoms. The van der Waals surface area contributed by atoms with E-state index in [4.69, 9.17) is 11.6 Å². The van der Waals surface area contributed by atoms with Crippen molar-refractivity contribution in [3.63, 3.8) is 0 Å². The highest BCUT2D eigenvalue weighted by atomic mass is 35.5. The number of nitrogens with zero attached hydrogens (tertiary/aromatic N) is 2. The quantitative estimate of drug-likeness (QED) is 0.613. The number of hydrogen-bond acceptors (Lipinski definition) is 5. The van der Waals surface area contributed by atoms with Crippen LogP contribution in [0.4, 0.5) is 5.69 Å². The molecular weight excluding hydrogens is 370 g/mol. The van der Waals surface area contributed by atoms with Crippen LogP contribution in [0.25, 0.3) is 0 Å². The van der Waals surface area contributed by atoms with Crippen LogP contribution >= 0.6 is 22.9 Å². The second-order valence-corrected chi connectivity index (χ2v) is 8.24. The Bertz CT molecular complexity index is 862.